The average molecular weight is 453 g/mol. The molecule has 0 aliphatic heterocycles. The maximum absolute atomic E-state index is 13.1. The number of benzene rings is 2. The Kier molecular flexibility index (Phi) is 6.42. The molecule has 0 aliphatic rings. The number of methoxy groups -OCH3 is 2. The summed E-state index contributed by atoms with van der Waals surface area (Å²) in [5, 5.41) is 8.21. The number of carbonyl (C=O) groups is 1. The Hall–Kier alpha value is -3.78. The normalized spacial score (nSPS) is 10.7. The number of anilines is 1. The second-order valence-corrected chi connectivity index (χ2v) is 7.32. The molecule has 0 saturated carbocycles. The summed E-state index contributed by atoms with van der Waals surface area (Å²) in [5.74, 6) is 1.98. The van der Waals surface area contributed by atoms with Gasteiger partial charge in [-0.15, -0.1) is 5.10 Å². The first-order chi connectivity index (χ1) is 15.6. The predicted octanol–water partition coefficient (Wildman–Crippen LogP) is 4.70. The summed E-state index contributed by atoms with van der Waals surface area (Å²) in [6.45, 7) is 0.442. The van der Waals surface area contributed by atoms with E-state index in [0.717, 1.165) is 11.1 Å². The highest BCUT2D eigenvalue weighted by Gasteiger charge is 2.19. The van der Waals surface area contributed by atoms with E-state index in [9.17, 15) is 4.79 Å². The molecule has 0 radical (unpaired) electrons. The number of rotatable bonds is 8. The van der Waals surface area contributed by atoms with Crippen LogP contribution in [0, 0.1) is 0 Å². The fraction of sp³-hybridized carbons (Fsp3) is 0.174. The van der Waals surface area contributed by atoms with Crippen molar-refractivity contribution in [1.29, 1.82) is 0 Å². The molecule has 32 heavy (non-hydrogen) atoms. The van der Waals surface area contributed by atoms with E-state index in [4.69, 9.17) is 25.5 Å². The molecule has 0 atom stereocenters. The van der Waals surface area contributed by atoms with E-state index in [1.807, 2.05) is 18.2 Å². The Morgan fingerprint density at radius 1 is 1.06 bits per heavy atom. The summed E-state index contributed by atoms with van der Waals surface area (Å²) >= 11 is 5.95. The number of nitrogens with zero attached hydrogens (tertiary/aromatic N) is 3. The number of hydrogen-bond acceptors (Lipinski definition) is 7. The topological polar surface area (TPSA) is 91.4 Å². The highest BCUT2D eigenvalue weighted by atomic mass is 35.5. The number of ether oxygens (including phenoxy) is 2. The molecule has 0 bridgehead atoms. The van der Waals surface area contributed by atoms with Crippen molar-refractivity contribution in [3.63, 3.8) is 0 Å². The van der Waals surface area contributed by atoms with Crippen LogP contribution < -0.4 is 14.8 Å². The summed E-state index contributed by atoms with van der Waals surface area (Å²) in [4.78, 5) is 17.6. The molecular formula is C23H21ClN4O4. The Morgan fingerprint density at radius 2 is 1.81 bits per heavy atom. The zero-order valence-electron chi connectivity index (χ0n) is 17.5. The van der Waals surface area contributed by atoms with Gasteiger partial charge in [-0.05, 0) is 47.5 Å². The zero-order chi connectivity index (χ0) is 22.5. The lowest BCUT2D eigenvalue weighted by molar-refractivity contribution is 0.0901. The number of hydrogen-bond donors (Lipinski definition) is 1. The van der Waals surface area contributed by atoms with Crippen LogP contribution in [-0.4, -0.2) is 34.9 Å². The fourth-order valence-corrected chi connectivity index (χ4v) is 3.26. The maximum Gasteiger partial charge on any atom is 0.254 e. The molecule has 8 nitrogen and oxygen atoms in total. The third kappa shape index (κ3) is 4.76. The van der Waals surface area contributed by atoms with E-state index < -0.39 is 0 Å². The van der Waals surface area contributed by atoms with Crippen LogP contribution in [0.5, 0.6) is 11.5 Å². The smallest absolute Gasteiger partial charge is 0.254 e. The van der Waals surface area contributed by atoms with E-state index in [-0.39, 0.29) is 12.3 Å². The number of aromatic nitrogens is 3. The fourth-order valence-electron chi connectivity index (χ4n) is 3.13. The molecule has 1 N–H and O–H groups in total. The molecule has 0 amide bonds. The highest BCUT2D eigenvalue weighted by Crippen LogP contribution is 2.28. The molecule has 2 heterocycles. The first-order valence-electron chi connectivity index (χ1n) is 9.80. The standard InChI is InChI=1S/C23H21ClN4O4/c1-30-18-10-7-16(12-20(18)31-2)13-21(29)28-23(25-14-15-5-8-17(24)9-6-15)26-22(27-28)19-4-3-11-32-19/h3-12H,13-14H2,1-2H3,(H,25,26,27). The van der Waals surface area contributed by atoms with Gasteiger partial charge in [-0.25, -0.2) is 0 Å². The molecule has 0 fully saturated rings. The zero-order valence-corrected chi connectivity index (χ0v) is 18.3. The van der Waals surface area contributed by atoms with Crippen molar-refractivity contribution < 1.29 is 18.7 Å². The molecule has 4 rings (SSSR count). The van der Waals surface area contributed by atoms with Gasteiger partial charge in [0.25, 0.3) is 5.91 Å². The van der Waals surface area contributed by atoms with E-state index in [1.54, 1.807) is 50.6 Å². The van der Waals surface area contributed by atoms with Gasteiger partial charge in [-0.1, -0.05) is 29.8 Å². The molecule has 164 valence electrons. The van der Waals surface area contributed by atoms with Gasteiger partial charge < -0.3 is 19.2 Å². The SMILES string of the molecule is COc1ccc(CC(=O)n2nc(-c3ccco3)nc2NCc2ccc(Cl)cc2)cc1OC. The second kappa shape index (κ2) is 9.57. The van der Waals surface area contributed by atoms with Crippen molar-refractivity contribution in [2.45, 2.75) is 13.0 Å². The van der Waals surface area contributed by atoms with Crippen molar-refractivity contribution >= 4 is 23.5 Å². The van der Waals surface area contributed by atoms with Crippen molar-refractivity contribution in [2.75, 3.05) is 19.5 Å². The molecule has 0 aliphatic carbocycles. The summed E-state index contributed by atoms with van der Waals surface area (Å²) in [5.41, 5.74) is 1.74. The van der Waals surface area contributed by atoms with E-state index >= 15 is 0 Å². The molecule has 2 aromatic heterocycles. The van der Waals surface area contributed by atoms with Crippen LogP contribution in [0.2, 0.25) is 5.02 Å². The van der Waals surface area contributed by atoms with Gasteiger partial charge in [0.05, 0.1) is 26.9 Å². The van der Waals surface area contributed by atoms with Gasteiger partial charge in [0.15, 0.2) is 17.3 Å². The second-order valence-electron chi connectivity index (χ2n) is 6.89. The average Bonchev–Trinajstić information content (AvgIpc) is 3.48. The largest absolute Gasteiger partial charge is 0.493 e. The molecule has 2 aromatic carbocycles. The number of nitrogens with one attached hydrogen (secondary N) is 1. The predicted molar refractivity (Wildman–Crippen MR) is 120 cm³/mol. The molecule has 0 unspecified atom stereocenters. The van der Waals surface area contributed by atoms with Crippen LogP contribution in [0.4, 0.5) is 5.95 Å². The first kappa shape index (κ1) is 21.5. The number of furan rings is 1. The quantitative estimate of drug-likeness (QED) is 0.414. The minimum absolute atomic E-state index is 0.0942. The van der Waals surface area contributed by atoms with Gasteiger partial charge >= 0.3 is 0 Å². The highest BCUT2D eigenvalue weighted by molar-refractivity contribution is 6.30. The van der Waals surface area contributed by atoms with Gasteiger partial charge in [-0.2, -0.15) is 9.67 Å². The number of halogens is 1. The molecule has 4 aromatic rings. The third-order valence-corrected chi connectivity index (χ3v) is 5.00. The van der Waals surface area contributed by atoms with Crippen LogP contribution in [-0.2, 0) is 13.0 Å². The van der Waals surface area contributed by atoms with Crippen LogP contribution in [0.3, 0.4) is 0 Å². The van der Waals surface area contributed by atoms with Crippen LogP contribution in [0.15, 0.2) is 65.3 Å². The Bertz CT molecular complexity index is 1200. The number of carbonyl (C=O) groups excluding carboxylic acids is 1. The first-order valence-corrected chi connectivity index (χ1v) is 10.2. The lowest BCUT2D eigenvalue weighted by Crippen LogP contribution is -2.18. The van der Waals surface area contributed by atoms with Crippen molar-refractivity contribution in [3.8, 4) is 23.1 Å². The molecule has 0 spiro atoms. The summed E-state index contributed by atoms with van der Waals surface area (Å²) in [7, 11) is 3.11. The van der Waals surface area contributed by atoms with Crippen LogP contribution in [0.25, 0.3) is 11.6 Å². The van der Waals surface area contributed by atoms with Gasteiger partial charge in [0.1, 0.15) is 0 Å². The summed E-state index contributed by atoms with van der Waals surface area (Å²) in [6.07, 6.45) is 1.62. The maximum atomic E-state index is 13.1. The van der Waals surface area contributed by atoms with Gasteiger partial charge in [-0.3, -0.25) is 4.79 Å². The van der Waals surface area contributed by atoms with Crippen molar-refractivity contribution in [2.24, 2.45) is 0 Å². The monoisotopic (exact) mass is 452 g/mol. The van der Waals surface area contributed by atoms with Crippen LogP contribution in [0.1, 0.15) is 15.9 Å². The minimum Gasteiger partial charge on any atom is -0.493 e. The lowest BCUT2D eigenvalue weighted by atomic mass is 10.1. The van der Waals surface area contributed by atoms with Crippen molar-refractivity contribution in [3.05, 3.63) is 77.0 Å². The van der Waals surface area contributed by atoms with E-state index in [2.05, 4.69) is 15.4 Å². The Balaban J connectivity index is 1.59. The lowest BCUT2D eigenvalue weighted by Gasteiger charge is -2.10. The minimum atomic E-state index is -0.263. The van der Waals surface area contributed by atoms with Crippen molar-refractivity contribution in [1.82, 2.24) is 14.8 Å². The van der Waals surface area contributed by atoms with E-state index in [1.165, 1.54) is 10.9 Å². The van der Waals surface area contributed by atoms with Gasteiger partial charge in [0.2, 0.25) is 11.8 Å². The Morgan fingerprint density at radius 3 is 2.50 bits per heavy atom. The molecule has 0 saturated heterocycles. The summed E-state index contributed by atoms with van der Waals surface area (Å²) < 4.78 is 17.2. The summed E-state index contributed by atoms with van der Waals surface area (Å²) in [6, 6.07) is 16.2. The third-order valence-electron chi connectivity index (χ3n) is 4.75. The molecule has 9 heteroatoms. The van der Waals surface area contributed by atoms with Gasteiger partial charge in [0, 0.05) is 11.6 Å². The van der Waals surface area contributed by atoms with Crippen LogP contribution >= 0.6 is 11.6 Å². The Labute approximate surface area is 189 Å². The van der Waals surface area contributed by atoms with E-state index in [0.29, 0.717) is 40.6 Å². The molecular weight excluding hydrogens is 432 g/mol.